The predicted octanol–water partition coefficient (Wildman–Crippen LogP) is 2.43. The van der Waals surface area contributed by atoms with E-state index in [0.717, 1.165) is 28.9 Å². The molecule has 0 spiro atoms. The second-order valence-corrected chi connectivity index (χ2v) is 5.92. The summed E-state index contributed by atoms with van der Waals surface area (Å²) in [5.41, 5.74) is 3.43. The maximum atomic E-state index is 5.42. The maximum Gasteiger partial charge on any atom is 0.233 e. The second-order valence-electron chi connectivity index (χ2n) is 5.92. The first kappa shape index (κ1) is 16.1. The van der Waals surface area contributed by atoms with Gasteiger partial charge in [-0.05, 0) is 19.8 Å². The molecule has 24 heavy (non-hydrogen) atoms. The molecule has 8 heteroatoms. The second kappa shape index (κ2) is 6.77. The molecule has 0 atom stereocenters. The molecule has 0 aliphatic rings. The molecule has 0 fully saturated rings. The Hall–Kier alpha value is -2.77. The quantitative estimate of drug-likeness (QED) is 0.513. The van der Waals surface area contributed by atoms with Crippen molar-refractivity contribution < 1.29 is 4.84 Å². The average molecular weight is 327 g/mol. The largest absolute Gasteiger partial charge is 0.395 e. The Morgan fingerprint density at radius 1 is 1.29 bits per heavy atom. The van der Waals surface area contributed by atoms with Crippen molar-refractivity contribution in [2.24, 2.45) is 11.1 Å². The highest BCUT2D eigenvalue weighted by molar-refractivity contribution is 6.07. The number of aromatic nitrogens is 6. The summed E-state index contributed by atoms with van der Waals surface area (Å²) >= 11 is 0. The Morgan fingerprint density at radius 3 is 2.79 bits per heavy atom. The van der Waals surface area contributed by atoms with Crippen molar-refractivity contribution in [2.75, 3.05) is 6.61 Å². The van der Waals surface area contributed by atoms with E-state index in [1.54, 1.807) is 23.4 Å². The van der Waals surface area contributed by atoms with Crippen molar-refractivity contribution >= 4 is 16.7 Å². The molecule has 3 heterocycles. The van der Waals surface area contributed by atoms with Crippen LogP contribution in [0.1, 0.15) is 33.3 Å². The lowest BCUT2D eigenvalue weighted by Crippen LogP contribution is -2.08. The van der Waals surface area contributed by atoms with Gasteiger partial charge in [-0.3, -0.25) is 4.98 Å². The van der Waals surface area contributed by atoms with Gasteiger partial charge in [0.05, 0.1) is 17.4 Å². The zero-order valence-electron chi connectivity index (χ0n) is 14.3. The van der Waals surface area contributed by atoms with Crippen molar-refractivity contribution in [1.29, 1.82) is 0 Å². The highest BCUT2D eigenvalue weighted by Gasteiger charge is 2.17. The minimum absolute atomic E-state index is 0.426. The van der Waals surface area contributed by atoms with Gasteiger partial charge in [-0.15, -0.1) is 0 Å². The minimum atomic E-state index is 0.426. The van der Waals surface area contributed by atoms with E-state index in [9.17, 15) is 0 Å². The molecule has 0 aliphatic heterocycles. The summed E-state index contributed by atoms with van der Waals surface area (Å²) in [7, 11) is 0. The summed E-state index contributed by atoms with van der Waals surface area (Å²) in [5, 5.41) is 8.41. The van der Waals surface area contributed by atoms with Crippen LogP contribution >= 0.6 is 0 Å². The van der Waals surface area contributed by atoms with E-state index in [4.69, 9.17) is 4.84 Å². The zero-order valence-corrected chi connectivity index (χ0v) is 14.3. The van der Waals surface area contributed by atoms with E-state index in [1.807, 2.05) is 6.92 Å². The molecule has 0 aliphatic carbocycles. The SMILES string of the molecule is CCn1c(-n2cncn2)nc2cncc(/C(C)=N/OCC(C)C)c21. The summed E-state index contributed by atoms with van der Waals surface area (Å²) in [5.74, 6) is 1.13. The number of pyridine rings is 1. The van der Waals surface area contributed by atoms with Crippen LogP contribution in [-0.2, 0) is 11.4 Å². The van der Waals surface area contributed by atoms with Gasteiger partial charge < -0.3 is 9.40 Å². The van der Waals surface area contributed by atoms with E-state index in [-0.39, 0.29) is 0 Å². The molecular formula is C16H21N7O. The van der Waals surface area contributed by atoms with Crippen LogP contribution in [0, 0.1) is 5.92 Å². The fourth-order valence-electron chi connectivity index (χ4n) is 2.46. The van der Waals surface area contributed by atoms with Gasteiger partial charge in [0.2, 0.25) is 5.95 Å². The first-order chi connectivity index (χ1) is 11.6. The van der Waals surface area contributed by atoms with Crippen LogP contribution in [0.3, 0.4) is 0 Å². The summed E-state index contributed by atoms with van der Waals surface area (Å²) in [4.78, 5) is 18.3. The third-order valence-corrected chi connectivity index (χ3v) is 3.57. The molecule has 0 saturated heterocycles. The van der Waals surface area contributed by atoms with Crippen LogP contribution in [0.15, 0.2) is 30.2 Å². The number of aryl methyl sites for hydroxylation is 1. The van der Waals surface area contributed by atoms with E-state index >= 15 is 0 Å². The summed E-state index contributed by atoms with van der Waals surface area (Å²) in [6.45, 7) is 9.47. The number of fused-ring (bicyclic) bond motifs is 1. The lowest BCUT2D eigenvalue weighted by atomic mass is 10.1. The van der Waals surface area contributed by atoms with E-state index < -0.39 is 0 Å². The molecule has 0 unspecified atom stereocenters. The Bertz CT molecular complexity index is 849. The molecule has 0 bridgehead atoms. The third-order valence-electron chi connectivity index (χ3n) is 3.57. The van der Waals surface area contributed by atoms with Crippen molar-refractivity contribution in [2.45, 2.75) is 34.2 Å². The number of hydrogen-bond acceptors (Lipinski definition) is 6. The van der Waals surface area contributed by atoms with Crippen LogP contribution < -0.4 is 0 Å². The van der Waals surface area contributed by atoms with Gasteiger partial charge in [-0.1, -0.05) is 19.0 Å². The zero-order chi connectivity index (χ0) is 17.1. The van der Waals surface area contributed by atoms with Crippen LogP contribution in [0.4, 0.5) is 0 Å². The topological polar surface area (TPSA) is 83.0 Å². The average Bonchev–Trinajstić information content (AvgIpc) is 3.20. The van der Waals surface area contributed by atoms with E-state index in [1.165, 1.54) is 6.33 Å². The molecule has 0 radical (unpaired) electrons. The summed E-state index contributed by atoms with van der Waals surface area (Å²) < 4.78 is 3.72. The van der Waals surface area contributed by atoms with Crippen LogP contribution in [0.2, 0.25) is 0 Å². The molecule has 3 rings (SSSR count). The first-order valence-corrected chi connectivity index (χ1v) is 7.98. The van der Waals surface area contributed by atoms with Crippen LogP contribution in [0.25, 0.3) is 17.0 Å². The Labute approximate surface area is 140 Å². The van der Waals surface area contributed by atoms with E-state index in [0.29, 0.717) is 18.5 Å². The summed E-state index contributed by atoms with van der Waals surface area (Å²) in [6, 6.07) is 0. The fourth-order valence-corrected chi connectivity index (χ4v) is 2.46. The van der Waals surface area contributed by atoms with Crippen LogP contribution in [0.5, 0.6) is 0 Å². The number of hydrogen-bond donors (Lipinski definition) is 0. The van der Waals surface area contributed by atoms with E-state index in [2.05, 4.69) is 50.5 Å². The highest BCUT2D eigenvalue weighted by atomic mass is 16.6. The van der Waals surface area contributed by atoms with Crippen molar-refractivity contribution in [3.8, 4) is 5.95 Å². The van der Waals surface area contributed by atoms with Crippen LogP contribution in [-0.4, -0.2) is 41.6 Å². The Kier molecular flexibility index (Phi) is 4.54. The van der Waals surface area contributed by atoms with Gasteiger partial charge in [0.15, 0.2) is 0 Å². The predicted molar refractivity (Wildman–Crippen MR) is 91.1 cm³/mol. The standard InChI is InChI=1S/C16H21N7O/c1-5-22-15-13(12(4)21-24-8-11(2)3)6-17-7-14(15)20-16(22)23-10-18-9-19-23/h6-7,9-11H,5,8H2,1-4H3/b21-12+. The van der Waals surface area contributed by atoms with Gasteiger partial charge in [-0.2, -0.15) is 9.78 Å². The summed E-state index contributed by atoms with van der Waals surface area (Å²) in [6.07, 6.45) is 6.66. The Morgan fingerprint density at radius 2 is 2.12 bits per heavy atom. The number of nitrogens with zero attached hydrogens (tertiary/aromatic N) is 7. The normalized spacial score (nSPS) is 12.3. The Balaban J connectivity index is 2.09. The molecule has 0 amide bonds. The molecule has 3 aromatic heterocycles. The molecule has 126 valence electrons. The fraction of sp³-hybridized carbons (Fsp3) is 0.438. The lowest BCUT2D eigenvalue weighted by Gasteiger charge is -2.09. The molecule has 0 saturated carbocycles. The first-order valence-electron chi connectivity index (χ1n) is 7.98. The monoisotopic (exact) mass is 327 g/mol. The van der Waals surface area contributed by atoms with Gasteiger partial charge in [-0.25, -0.2) is 9.97 Å². The van der Waals surface area contributed by atoms with Crippen molar-refractivity contribution in [3.63, 3.8) is 0 Å². The number of imidazole rings is 1. The van der Waals surface area contributed by atoms with Gasteiger partial charge in [0.25, 0.3) is 0 Å². The maximum absolute atomic E-state index is 5.42. The third kappa shape index (κ3) is 2.99. The van der Waals surface area contributed by atoms with Crippen molar-refractivity contribution in [1.82, 2.24) is 29.3 Å². The number of oxime groups is 1. The molecule has 0 aromatic carbocycles. The lowest BCUT2D eigenvalue weighted by molar-refractivity contribution is 0.118. The van der Waals surface area contributed by atoms with Gasteiger partial charge in [0, 0.05) is 18.3 Å². The minimum Gasteiger partial charge on any atom is -0.395 e. The smallest absolute Gasteiger partial charge is 0.233 e. The molecule has 3 aromatic rings. The van der Waals surface area contributed by atoms with Gasteiger partial charge in [0.1, 0.15) is 24.8 Å². The molecule has 0 N–H and O–H groups in total. The van der Waals surface area contributed by atoms with Gasteiger partial charge >= 0.3 is 0 Å². The highest BCUT2D eigenvalue weighted by Crippen LogP contribution is 2.22. The van der Waals surface area contributed by atoms with Crippen molar-refractivity contribution in [3.05, 3.63) is 30.6 Å². The number of rotatable bonds is 6. The molecule has 8 nitrogen and oxygen atoms in total. The molecular weight excluding hydrogens is 306 g/mol.